The average molecular weight is 775 g/mol. The van der Waals surface area contributed by atoms with E-state index in [0.29, 0.717) is 5.56 Å². The number of ether oxygens (including phenoxy) is 1. The molecule has 1 aliphatic rings. The van der Waals surface area contributed by atoms with Crippen molar-refractivity contribution in [3.63, 3.8) is 0 Å². The first kappa shape index (κ1) is 40.9. The Bertz CT molecular complexity index is 1930. The van der Waals surface area contributed by atoms with Crippen LogP contribution in [0, 0.1) is 20.8 Å². The van der Waals surface area contributed by atoms with Gasteiger partial charge in [-0.2, -0.15) is 0 Å². The largest absolute Gasteiger partial charge is 0.399 e. The molecule has 0 aliphatic carbocycles. The van der Waals surface area contributed by atoms with E-state index in [4.69, 9.17) is 13.6 Å². The van der Waals surface area contributed by atoms with Crippen LogP contribution < -0.4 is 20.7 Å². The van der Waals surface area contributed by atoms with Crippen molar-refractivity contribution in [1.29, 1.82) is 0 Å². The van der Waals surface area contributed by atoms with Crippen LogP contribution in [-0.4, -0.2) is 63.0 Å². The molecule has 1 heterocycles. The average Bonchev–Trinajstić information content (AvgIpc) is 3.14. The molecule has 8 heteroatoms. The van der Waals surface area contributed by atoms with Gasteiger partial charge in [0.25, 0.3) is 16.6 Å². The smallest absolute Gasteiger partial charge is 0.261 e. The van der Waals surface area contributed by atoms with Crippen LogP contribution in [0.3, 0.4) is 0 Å². The summed E-state index contributed by atoms with van der Waals surface area (Å²) in [6, 6.07) is 44.9. The van der Waals surface area contributed by atoms with Gasteiger partial charge in [-0.3, -0.25) is 0 Å². The van der Waals surface area contributed by atoms with Crippen molar-refractivity contribution >= 4 is 37.4 Å². The van der Waals surface area contributed by atoms with Gasteiger partial charge in [-0.25, -0.2) is 0 Å². The van der Waals surface area contributed by atoms with E-state index in [1.807, 2.05) is 106 Å². The fourth-order valence-corrected chi connectivity index (χ4v) is 18.6. The lowest BCUT2D eigenvalue weighted by Gasteiger charge is -2.56. The second kappa shape index (κ2) is 15.7. The van der Waals surface area contributed by atoms with Gasteiger partial charge in [0.05, 0.1) is 6.61 Å². The predicted octanol–water partition coefficient (Wildman–Crippen LogP) is 6.40. The number of hydrogen-bond acceptors (Lipinski definition) is 6. The maximum absolute atomic E-state index is 13.4. The fraction of sp³-hybridized carbons (Fsp3) is 0.362. The van der Waals surface area contributed by atoms with E-state index in [2.05, 4.69) is 90.1 Å². The van der Waals surface area contributed by atoms with Gasteiger partial charge in [-0.15, -0.1) is 0 Å². The molecule has 290 valence electrons. The monoisotopic (exact) mass is 774 g/mol. The summed E-state index contributed by atoms with van der Waals surface area (Å²) >= 11 is 0. The molecular formula is C47H58O6Si2. The zero-order valence-electron chi connectivity index (χ0n) is 33.8. The van der Waals surface area contributed by atoms with E-state index in [1.165, 1.54) is 0 Å². The molecule has 0 unspecified atom stereocenters. The maximum Gasteiger partial charge on any atom is 0.261 e. The van der Waals surface area contributed by atoms with E-state index in [0.717, 1.165) is 37.4 Å². The van der Waals surface area contributed by atoms with Gasteiger partial charge in [0.15, 0.2) is 0 Å². The van der Waals surface area contributed by atoms with E-state index >= 15 is 0 Å². The highest BCUT2D eigenvalue weighted by Gasteiger charge is 2.64. The summed E-state index contributed by atoms with van der Waals surface area (Å²) in [5, 5.41) is 41.0. The SMILES string of the molecule is Cc1cc(C)c([C@@]2(O)O[C@H](CO)[C@@H](O[Si](c3ccccc3)(c3ccccc3)C(C)(C)C)[C@H](O)[C@H]2O[Si](c2ccccc2)(c2ccccc2)C(C)(C)C)c(C)c1. The summed E-state index contributed by atoms with van der Waals surface area (Å²) in [7, 11) is -6.76. The first-order chi connectivity index (χ1) is 26.0. The Morgan fingerprint density at radius 3 is 1.27 bits per heavy atom. The van der Waals surface area contributed by atoms with Gasteiger partial charge >= 0.3 is 0 Å². The highest BCUT2D eigenvalue weighted by atomic mass is 28.4. The summed E-state index contributed by atoms with van der Waals surface area (Å²) < 4.78 is 22.3. The quantitative estimate of drug-likeness (QED) is 0.143. The number of aliphatic hydroxyl groups is 3. The zero-order chi connectivity index (χ0) is 39.8. The van der Waals surface area contributed by atoms with Crippen LogP contribution in [0.5, 0.6) is 0 Å². The second-order valence-electron chi connectivity index (χ2n) is 17.2. The van der Waals surface area contributed by atoms with Crippen LogP contribution in [0.15, 0.2) is 133 Å². The normalized spacial score (nSPS) is 22.4. The van der Waals surface area contributed by atoms with E-state index in [9.17, 15) is 15.3 Å². The van der Waals surface area contributed by atoms with Crippen LogP contribution in [0.25, 0.3) is 0 Å². The predicted molar refractivity (Wildman–Crippen MR) is 228 cm³/mol. The molecule has 5 aromatic carbocycles. The molecule has 6 nitrogen and oxygen atoms in total. The van der Waals surface area contributed by atoms with Crippen molar-refractivity contribution in [2.45, 2.75) is 103 Å². The van der Waals surface area contributed by atoms with Crippen molar-refractivity contribution in [1.82, 2.24) is 0 Å². The molecule has 5 aromatic rings. The molecule has 55 heavy (non-hydrogen) atoms. The maximum atomic E-state index is 13.4. The molecule has 0 amide bonds. The molecule has 0 saturated carbocycles. The Balaban J connectivity index is 1.64. The van der Waals surface area contributed by atoms with Crippen LogP contribution in [-0.2, 0) is 19.4 Å². The Morgan fingerprint density at radius 2 is 0.945 bits per heavy atom. The summed E-state index contributed by atoms with van der Waals surface area (Å²) in [5.41, 5.74) is 3.15. The van der Waals surface area contributed by atoms with Crippen LogP contribution in [0.1, 0.15) is 63.8 Å². The van der Waals surface area contributed by atoms with Gasteiger partial charge in [0, 0.05) is 5.56 Å². The topological polar surface area (TPSA) is 88.4 Å². The molecule has 6 rings (SSSR count). The molecule has 0 aromatic heterocycles. The van der Waals surface area contributed by atoms with Crippen LogP contribution in [0.2, 0.25) is 10.1 Å². The summed E-state index contributed by atoms with van der Waals surface area (Å²) in [4.78, 5) is 0. The molecule has 0 spiro atoms. The highest BCUT2D eigenvalue weighted by molar-refractivity contribution is 7.00. The number of aryl methyl sites for hydroxylation is 3. The van der Waals surface area contributed by atoms with Gasteiger partial charge in [-0.05, 0) is 62.7 Å². The fourth-order valence-electron chi connectivity index (χ4n) is 9.15. The van der Waals surface area contributed by atoms with Crippen molar-refractivity contribution < 1.29 is 28.9 Å². The summed E-state index contributed by atoms with van der Waals surface area (Å²) in [6.07, 6.45) is -4.99. The van der Waals surface area contributed by atoms with E-state index in [1.54, 1.807) is 0 Å². The molecule has 3 N–H and O–H groups in total. The van der Waals surface area contributed by atoms with Gasteiger partial charge < -0.3 is 28.9 Å². The minimum absolute atomic E-state index is 0.443. The third kappa shape index (κ3) is 7.24. The Hall–Kier alpha value is -3.71. The van der Waals surface area contributed by atoms with Crippen molar-refractivity contribution in [2.24, 2.45) is 0 Å². The molecule has 1 saturated heterocycles. The van der Waals surface area contributed by atoms with Gasteiger partial charge in [0.1, 0.15) is 24.4 Å². The van der Waals surface area contributed by atoms with Crippen LogP contribution >= 0.6 is 0 Å². The Labute approximate surface area is 330 Å². The minimum atomic E-state index is -3.44. The minimum Gasteiger partial charge on any atom is -0.399 e. The van der Waals surface area contributed by atoms with Gasteiger partial charge in [-0.1, -0.05) is 181 Å². The molecule has 0 radical (unpaired) electrons. The first-order valence-electron chi connectivity index (χ1n) is 19.4. The molecule has 5 atom stereocenters. The molecule has 0 bridgehead atoms. The lowest BCUT2D eigenvalue weighted by atomic mass is 9.84. The standard InChI is InChI=1S/C47H58O6Si2/c1-33-30-34(2)41(35(3)31-33)47(50)44(53-55(46(7,8)9,38-26-18-12-19-27-38)39-28-20-13-21-29-39)42(49)43(40(32-48)51-47)52-54(45(4,5)6,36-22-14-10-15-23-36)37-24-16-11-17-25-37/h10-31,40,42-44,48-50H,32H2,1-9H3/t40-,42+,43-,44-,47-/m1/s1. The lowest BCUT2D eigenvalue weighted by molar-refractivity contribution is -0.352. The first-order valence-corrected chi connectivity index (χ1v) is 23.2. The van der Waals surface area contributed by atoms with Crippen molar-refractivity contribution in [2.75, 3.05) is 6.61 Å². The van der Waals surface area contributed by atoms with Crippen LogP contribution in [0.4, 0.5) is 0 Å². The molecule has 1 fully saturated rings. The number of hydrogen-bond donors (Lipinski definition) is 3. The lowest BCUT2D eigenvalue weighted by Crippen LogP contribution is -2.76. The second-order valence-corrected chi connectivity index (χ2v) is 25.8. The Morgan fingerprint density at radius 1 is 0.600 bits per heavy atom. The highest BCUT2D eigenvalue weighted by Crippen LogP contribution is 2.48. The zero-order valence-corrected chi connectivity index (χ0v) is 35.8. The Kier molecular flexibility index (Phi) is 11.7. The number of benzene rings is 5. The molecule has 1 aliphatic heterocycles. The van der Waals surface area contributed by atoms with Gasteiger partial charge in [0.2, 0.25) is 5.79 Å². The van der Waals surface area contributed by atoms with E-state index < -0.39 is 63.5 Å². The third-order valence-electron chi connectivity index (χ3n) is 11.4. The van der Waals surface area contributed by atoms with E-state index in [-0.39, 0.29) is 0 Å². The summed E-state index contributed by atoms with van der Waals surface area (Å²) in [5.74, 6) is -2.17. The number of rotatable bonds is 10. The third-order valence-corrected chi connectivity index (χ3v) is 21.4. The van der Waals surface area contributed by atoms with Crippen molar-refractivity contribution in [3.8, 4) is 0 Å². The summed E-state index contributed by atoms with van der Waals surface area (Å²) in [6.45, 7) is 18.4. The molecular weight excluding hydrogens is 717 g/mol. The van der Waals surface area contributed by atoms with Crippen molar-refractivity contribution in [3.05, 3.63) is 156 Å². The number of aliphatic hydroxyl groups excluding tert-OH is 2.